The molecule has 0 radical (unpaired) electrons. The van der Waals surface area contributed by atoms with Gasteiger partial charge in [0.25, 0.3) is 5.91 Å². The highest BCUT2D eigenvalue weighted by Crippen LogP contribution is 2.10. The maximum atomic E-state index is 13.0. The second-order valence-corrected chi connectivity index (χ2v) is 4.55. The number of amides is 1. The molecule has 3 nitrogen and oxygen atoms in total. The number of carbonyl (C=O) groups is 1. The van der Waals surface area contributed by atoms with Gasteiger partial charge >= 0.3 is 0 Å². The Morgan fingerprint density at radius 2 is 2.22 bits per heavy atom. The molecule has 1 atom stereocenters. The van der Waals surface area contributed by atoms with E-state index in [4.69, 9.17) is 0 Å². The van der Waals surface area contributed by atoms with Crippen LogP contribution in [0.3, 0.4) is 0 Å². The van der Waals surface area contributed by atoms with Crippen molar-refractivity contribution >= 4 is 5.91 Å². The first-order valence-corrected chi connectivity index (χ1v) is 6.11. The maximum absolute atomic E-state index is 13.0. The topological polar surface area (TPSA) is 41.1 Å². The van der Waals surface area contributed by atoms with Gasteiger partial charge in [-0.1, -0.05) is 0 Å². The minimum Gasteiger partial charge on any atom is -0.352 e. The van der Waals surface area contributed by atoms with E-state index >= 15 is 0 Å². The molecule has 1 aromatic carbocycles. The molecule has 1 heterocycles. The molecule has 2 N–H and O–H groups in total. The molecule has 98 valence electrons. The van der Waals surface area contributed by atoms with E-state index in [1.54, 1.807) is 0 Å². The van der Waals surface area contributed by atoms with Crippen molar-refractivity contribution in [3.63, 3.8) is 0 Å². The molecule has 0 aliphatic carbocycles. The van der Waals surface area contributed by atoms with E-state index in [9.17, 15) is 13.6 Å². The van der Waals surface area contributed by atoms with Gasteiger partial charge in [0.05, 0.1) is 0 Å². The number of halogens is 2. The number of benzene rings is 1. The molecule has 1 saturated heterocycles. The normalized spacial score (nSPS) is 19.6. The highest BCUT2D eigenvalue weighted by molar-refractivity contribution is 5.94. The summed E-state index contributed by atoms with van der Waals surface area (Å²) in [6.45, 7) is 2.47. The van der Waals surface area contributed by atoms with Crippen molar-refractivity contribution in [2.45, 2.75) is 12.8 Å². The molecule has 2 rings (SSSR count). The number of rotatable bonds is 3. The Labute approximate surface area is 105 Å². The zero-order valence-electron chi connectivity index (χ0n) is 10.0. The molecule has 0 spiro atoms. The molecule has 1 fully saturated rings. The zero-order valence-corrected chi connectivity index (χ0v) is 10.0. The van der Waals surface area contributed by atoms with Crippen LogP contribution >= 0.6 is 0 Å². The minimum atomic E-state index is -0.998. The molecule has 1 aliphatic rings. The third-order valence-electron chi connectivity index (χ3n) is 3.13. The van der Waals surface area contributed by atoms with Crippen molar-refractivity contribution < 1.29 is 13.6 Å². The average Bonchev–Trinajstić information content (AvgIpc) is 2.40. The first kappa shape index (κ1) is 13.0. The molecule has 5 heteroatoms. The number of piperidine rings is 1. The maximum Gasteiger partial charge on any atom is 0.251 e. The summed E-state index contributed by atoms with van der Waals surface area (Å²) < 4.78 is 25.7. The summed E-state index contributed by atoms with van der Waals surface area (Å²) in [5.41, 5.74) is 0.151. The van der Waals surface area contributed by atoms with Crippen LogP contribution in [0.15, 0.2) is 18.2 Å². The fourth-order valence-corrected chi connectivity index (χ4v) is 2.07. The molecule has 0 aromatic heterocycles. The lowest BCUT2D eigenvalue weighted by molar-refractivity contribution is 0.0944. The van der Waals surface area contributed by atoms with Crippen LogP contribution < -0.4 is 10.6 Å². The van der Waals surface area contributed by atoms with E-state index in [-0.39, 0.29) is 11.5 Å². The number of hydrogen-bond acceptors (Lipinski definition) is 2. The van der Waals surface area contributed by atoms with Crippen LogP contribution in [0.5, 0.6) is 0 Å². The SMILES string of the molecule is O=C(NCC1CCCNC1)c1ccc(F)c(F)c1. The van der Waals surface area contributed by atoms with Crippen molar-refractivity contribution in [3.8, 4) is 0 Å². The van der Waals surface area contributed by atoms with Gasteiger partial charge in [0.1, 0.15) is 0 Å². The summed E-state index contributed by atoms with van der Waals surface area (Å²) in [4.78, 5) is 11.7. The molecule has 1 aliphatic heterocycles. The zero-order chi connectivity index (χ0) is 13.0. The van der Waals surface area contributed by atoms with Crippen LogP contribution in [0.1, 0.15) is 23.2 Å². The molecule has 1 aromatic rings. The van der Waals surface area contributed by atoms with Crippen molar-refractivity contribution in [2.75, 3.05) is 19.6 Å². The highest BCUT2D eigenvalue weighted by atomic mass is 19.2. The van der Waals surface area contributed by atoms with Crippen molar-refractivity contribution in [3.05, 3.63) is 35.4 Å². The van der Waals surface area contributed by atoms with Crippen LogP contribution in [0.4, 0.5) is 8.78 Å². The van der Waals surface area contributed by atoms with E-state index in [0.29, 0.717) is 12.5 Å². The quantitative estimate of drug-likeness (QED) is 0.862. The molecule has 18 heavy (non-hydrogen) atoms. The smallest absolute Gasteiger partial charge is 0.251 e. The van der Waals surface area contributed by atoms with Crippen molar-refractivity contribution in [2.24, 2.45) is 5.92 Å². The summed E-state index contributed by atoms with van der Waals surface area (Å²) in [6.07, 6.45) is 2.18. The minimum absolute atomic E-state index is 0.151. The Bertz CT molecular complexity index is 431. The Morgan fingerprint density at radius 3 is 2.89 bits per heavy atom. The van der Waals surface area contributed by atoms with Gasteiger partial charge in [-0.2, -0.15) is 0 Å². The molecule has 1 amide bonds. The lowest BCUT2D eigenvalue weighted by Gasteiger charge is -2.22. The molecular formula is C13H16F2N2O. The number of carbonyl (C=O) groups excluding carboxylic acids is 1. The first-order valence-electron chi connectivity index (χ1n) is 6.11. The standard InChI is InChI=1S/C13H16F2N2O/c14-11-4-3-10(6-12(11)15)13(18)17-8-9-2-1-5-16-7-9/h3-4,6,9,16H,1-2,5,7-8H2,(H,17,18). The fraction of sp³-hybridized carbons (Fsp3) is 0.462. The predicted octanol–water partition coefficient (Wildman–Crippen LogP) is 1.69. The van der Waals surface area contributed by atoms with Crippen LogP contribution in [0.25, 0.3) is 0 Å². The van der Waals surface area contributed by atoms with Gasteiger partial charge in [-0.25, -0.2) is 8.78 Å². The average molecular weight is 254 g/mol. The fourth-order valence-electron chi connectivity index (χ4n) is 2.07. The summed E-state index contributed by atoms with van der Waals surface area (Å²) in [7, 11) is 0. The van der Waals surface area contributed by atoms with E-state index in [2.05, 4.69) is 10.6 Å². The van der Waals surface area contributed by atoms with Gasteiger partial charge in [-0.05, 0) is 50.0 Å². The third-order valence-corrected chi connectivity index (χ3v) is 3.13. The molecule has 0 bridgehead atoms. The number of hydrogen-bond donors (Lipinski definition) is 2. The molecular weight excluding hydrogens is 238 g/mol. The van der Waals surface area contributed by atoms with Gasteiger partial charge < -0.3 is 10.6 Å². The lowest BCUT2D eigenvalue weighted by Crippen LogP contribution is -2.38. The van der Waals surface area contributed by atoms with Crippen molar-refractivity contribution in [1.29, 1.82) is 0 Å². The Hall–Kier alpha value is -1.49. The Balaban J connectivity index is 1.88. The summed E-state index contributed by atoms with van der Waals surface area (Å²) in [6, 6.07) is 3.17. The van der Waals surface area contributed by atoms with Crippen LogP contribution in [0.2, 0.25) is 0 Å². The van der Waals surface area contributed by atoms with Gasteiger partial charge in [0.15, 0.2) is 11.6 Å². The van der Waals surface area contributed by atoms with E-state index < -0.39 is 11.6 Å². The van der Waals surface area contributed by atoms with Gasteiger partial charge in [-0.15, -0.1) is 0 Å². The Kier molecular flexibility index (Phi) is 4.25. The van der Waals surface area contributed by atoms with E-state index in [1.807, 2.05) is 0 Å². The number of nitrogens with one attached hydrogen (secondary N) is 2. The van der Waals surface area contributed by atoms with Crippen LogP contribution in [-0.2, 0) is 0 Å². The predicted molar refractivity (Wildman–Crippen MR) is 64.3 cm³/mol. The monoisotopic (exact) mass is 254 g/mol. The summed E-state index contributed by atoms with van der Waals surface area (Å²) in [5, 5.41) is 6.00. The van der Waals surface area contributed by atoms with E-state index in [0.717, 1.165) is 38.1 Å². The highest BCUT2D eigenvalue weighted by Gasteiger charge is 2.15. The van der Waals surface area contributed by atoms with E-state index in [1.165, 1.54) is 6.07 Å². The first-order chi connectivity index (χ1) is 8.66. The Morgan fingerprint density at radius 1 is 1.39 bits per heavy atom. The van der Waals surface area contributed by atoms with Crippen molar-refractivity contribution in [1.82, 2.24) is 10.6 Å². The van der Waals surface area contributed by atoms with Gasteiger partial charge in [0, 0.05) is 12.1 Å². The second kappa shape index (κ2) is 5.91. The van der Waals surface area contributed by atoms with Crippen LogP contribution in [-0.4, -0.2) is 25.5 Å². The lowest BCUT2D eigenvalue weighted by atomic mass is 9.99. The van der Waals surface area contributed by atoms with Gasteiger partial charge in [0.2, 0.25) is 0 Å². The molecule has 0 saturated carbocycles. The van der Waals surface area contributed by atoms with Crippen LogP contribution in [0, 0.1) is 17.6 Å². The summed E-state index contributed by atoms with van der Waals surface area (Å²) >= 11 is 0. The third kappa shape index (κ3) is 3.26. The largest absolute Gasteiger partial charge is 0.352 e. The summed E-state index contributed by atoms with van der Waals surface area (Å²) in [5.74, 6) is -1.89. The van der Waals surface area contributed by atoms with Gasteiger partial charge in [-0.3, -0.25) is 4.79 Å². The second-order valence-electron chi connectivity index (χ2n) is 4.55. The molecule has 1 unspecified atom stereocenters.